The van der Waals surface area contributed by atoms with E-state index in [4.69, 9.17) is 11.0 Å². The van der Waals surface area contributed by atoms with E-state index in [0.29, 0.717) is 11.8 Å². The Labute approximate surface area is 113 Å². The van der Waals surface area contributed by atoms with Crippen LogP contribution in [0, 0.1) is 16.9 Å². The van der Waals surface area contributed by atoms with E-state index in [1.54, 1.807) is 18.3 Å². The monoisotopic (exact) mass is 260 g/mol. The average Bonchev–Trinajstić information content (AvgIpc) is 2.31. The minimum absolute atomic E-state index is 0.0173. The highest BCUT2D eigenvalue weighted by molar-refractivity contribution is 5.94. The number of nitriles is 1. The molecular formula is C13H20N6. The third-order valence-corrected chi connectivity index (χ3v) is 2.80. The van der Waals surface area contributed by atoms with Crippen LogP contribution in [0.1, 0.15) is 27.7 Å². The predicted octanol–water partition coefficient (Wildman–Crippen LogP) is 1.94. The van der Waals surface area contributed by atoms with E-state index in [0.717, 1.165) is 5.69 Å². The number of hydrogen-bond acceptors (Lipinski definition) is 4. The van der Waals surface area contributed by atoms with Crippen molar-refractivity contribution >= 4 is 17.5 Å². The first kappa shape index (κ1) is 14.8. The Bertz CT molecular complexity index is 477. The molecule has 4 N–H and O–H groups in total. The molecule has 102 valence electrons. The number of pyridine rings is 1. The summed E-state index contributed by atoms with van der Waals surface area (Å²) in [7, 11) is 0. The highest BCUT2D eigenvalue weighted by Gasteiger charge is 2.19. The lowest BCUT2D eigenvalue weighted by Gasteiger charge is -2.24. The van der Waals surface area contributed by atoms with Crippen molar-refractivity contribution < 1.29 is 0 Å². The van der Waals surface area contributed by atoms with Crippen molar-refractivity contribution in [3.63, 3.8) is 0 Å². The Hall–Kier alpha value is -2.29. The number of nitrogens with zero attached hydrogens (tertiary/aromatic N) is 3. The number of nitrogen functional groups attached to an aromatic ring is 1. The molecule has 1 rings (SSSR count). The van der Waals surface area contributed by atoms with E-state index in [9.17, 15) is 0 Å². The van der Waals surface area contributed by atoms with E-state index >= 15 is 0 Å². The molecular weight excluding hydrogens is 240 g/mol. The molecule has 19 heavy (non-hydrogen) atoms. The predicted molar refractivity (Wildman–Crippen MR) is 77.4 cm³/mol. The van der Waals surface area contributed by atoms with Gasteiger partial charge in [-0.15, -0.1) is 0 Å². The quantitative estimate of drug-likeness (QED) is 0.326. The van der Waals surface area contributed by atoms with Gasteiger partial charge in [0, 0.05) is 0 Å². The van der Waals surface area contributed by atoms with Crippen molar-refractivity contribution in [3.05, 3.63) is 18.3 Å². The number of guanidine groups is 1. The molecule has 0 aliphatic carbocycles. The minimum atomic E-state index is 0.0173. The van der Waals surface area contributed by atoms with Crippen LogP contribution in [0.3, 0.4) is 0 Å². The molecule has 6 nitrogen and oxygen atoms in total. The summed E-state index contributed by atoms with van der Waals surface area (Å²) < 4.78 is 0. The van der Waals surface area contributed by atoms with E-state index in [1.807, 2.05) is 13.1 Å². The number of aromatic nitrogens is 1. The number of nitrogens with one attached hydrogen (secondary N) is 2. The normalized spacial score (nSPS) is 13.5. The molecule has 1 aromatic rings. The van der Waals surface area contributed by atoms with E-state index in [1.165, 1.54) is 0 Å². The summed E-state index contributed by atoms with van der Waals surface area (Å²) in [5.74, 6) is 0.844. The van der Waals surface area contributed by atoms with Gasteiger partial charge in [0.2, 0.25) is 5.96 Å². The Kier molecular flexibility index (Phi) is 4.70. The SMILES string of the molecule is CC(N=C(NC#N)Nc1ccc(N)nc1)C(C)(C)C. The zero-order valence-corrected chi connectivity index (χ0v) is 11.7. The van der Waals surface area contributed by atoms with Gasteiger partial charge in [-0.25, -0.2) is 9.98 Å². The third kappa shape index (κ3) is 4.84. The summed E-state index contributed by atoms with van der Waals surface area (Å²) >= 11 is 0. The highest BCUT2D eigenvalue weighted by atomic mass is 15.2. The van der Waals surface area contributed by atoms with Gasteiger partial charge < -0.3 is 11.1 Å². The maximum Gasteiger partial charge on any atom is 0.209 e. The van der Waals surface area contributed by atoms with Gasteiger partial charge in [-0.1, -0.05) is 20.8 Å². The lowest BCUT2D eigenvalue weighted by Crippen LogP contribution is -2.31. The van der Waals surface area contributed by atoms with Crippen molar-refractivity contribution in [2.45, 2.75) is 33.7 Å². The van der Waals surface area contributed by atoms with Crippen molar-refractivity contribution in [2.75, 3.05) is 11.1 Å². The Morgan fingerprint density at radius 3 is 2.63 bits per heavy atom. The molecule has 0 amide bonds. The molecule has 6 heteroatoms. The topological polar surface area (TPSA) is 99.1 Å². The van der Waals surface area contributed by atoms with Crippen LogP contribution in [-0.2, 0) is 0 Å². The Morgan fingerprint density at radius 2 is 2.16 bits per heavy atom. The zero-order chi connectivity index (χ0) is 14.5. The van der Waals surface area contributed by atoms with Gasteiger partial charge in [0.25, 0.3) is 0 Å². The second kappa shape index (κ2) is 6.05. The van der Waals surface area contributed by atoms with Crippen LogP contribution in [0.5, 0.6) is 0 Å². The first-order valence-electron chi connectivity index (χ1n) is 6.04. The number of anilines is 2. The van der Waals surface area contributed by atoms with Crippen molar-refractivity contribution in [3.8, 4) is 6.19 Å². The lowest BCUT2D eigenvalue weighted by atomic mass is 9.88. The molecule has 0 spiro atoms. The third-order valence-electron chi connectivity index (χ3n) is 2.80. The molecule has 1 unspecified atom stereocenters. The molecule has 1 heterocycles. The lowest BCUT2D eigenvalue weighted by molar-refractivity contribution is 0.341. The minimum Gasteiger partial charge on any atom is -0.384 e. The van der Waals surface area contributed by atoms with Gasteiger partial charge in [-0.2, -0.15) is 5.26 Å². The summed E-state index contributed by atoms with van der Waals surface area (Å²) in [6, 6.07) is 3.51. The van der Waals surface area contributed by atoms with Gasteiger partial charge in [0.1, 0.15) is 5.82 Å². The Balaban J connectivity index is 2.87. The molecule has 0 bridgehead atoms. The van der Waals surface area contributed by atoms with Gasteiger partial charge in [-0.05, 0) is 24.5 Å². The first-order chi connectivity index (χ1) is 8.82. The van der Waals surface area contributed by atoms with Crippen molar-refractivity contribution in [1.29, 1.82) is 5.26 Å². The molecule has 0 aliphatic heterocycles. The largest absolute Gasteiger partial charge is 0.384 e. The van der Waals surface area contributed by atoms with E-state index in [-0.39, 0.29) is 11.5 Å². The number of hydrogen-bond donors (Lipinski definition) is 3. The van der Waals surface area contributed by atoms with Gasteiger partial charge in [0.15, 0.2) is 6.19 Å². The number of nitrogens with two attached hydrogens (primary N) is 1. The second-order valence-electron chi connectivity index (χ2n) is 5.35. The molecule has 1 aromatic heterocycles. The molecule has 1 atom stereocenters. The van der Waals surface area contributed by atoms with E-state index in [2.05, 4.69) is 41.4 Å². The van der Waals surface area contributed by atoms with Crippen LogP contribution in [0.15, 0.2) is 23.3 Å². The molecule has 0 radical (unpaired) electrons. The van der Waals surface area contributed by atoms with Crippen LogP contribution >= 0.6 is 0 Å². The fraction of sp³-hybridized carbons (Fsp3) is 0.462. The van der Waals surface area contributed by atoms with Crippen LogP contribution in [0.25, 0.3) is 0 Å². The van der Waals surface area contributed by atoms with Crippen LogP contribution < -0.4 is 16.4 Å². The van der Waals surface area contributed by atoms with Crippen LogP contribution in [-0.4, -0.2) is 17.0 Å². The fourth-order valence-electron chi connectivity index (χ4n) is 1.15. The van der Waals surface area contributed by atoms with Crippen LogP contribution in [0.2, 0.25) is 0 Å². The molecule has 0 fully saturated rings. The standard InChI is InChI=1S/C13H20N6/c1-9(13(2,3)4)18-12(17-8-14)19-10-5-6-11(15)16-7-10/h5-7,9H,1-4H3,(H2,15,16)(H2,17,18,19). The molecule has 0 aliphatic rings. The van der Waals surface area contributed by atoms with Crippen molar-refractivity contribution in [2.24, 2.45) is 10.4 Å². The average molecular weight is 260 g/mol. The number of rotatable bonds is 2. The summed E-state index contributed by atoms with van der Waals surface area (Å²) in [6.45, 7) is 8.28. The maximum absolute atomic E-state index is 8.76. The zero-order valence-electron chi connectivity index (χ0n) is 11.7. The Morgan fingerprint density at radius 1 is 1.47 bits per heavy atom. The van der Waals surface area contributed by atoms with Gasteiger partial charge in [0.05, 0.1) is 17.9 Å². The summed E-state index contributed by atoms with van der Waals surface area (Å²) in [6.07, 6.45) is 3.46. The molecule has 0 saturated heterocycles. The summed E-state index contributed by atoms with van der Waals surface area (Å²) in [5.41, 5.74) is 6.25. The van der Waals surface area contributed by atoms with Gasteiger partial charge >= 0.3 is 0 Å². The summed E-state index contributed by atoms with van der Waals surface area (Å²) in [4.78, 5) is 8.44. The van der Waals surface area contributed by atoms with Crippen LogP contribution in [0.4, 0.5) is 11.5 Å². The maximum atomic E-state index is 8.76. The van der Waals surface area contributed by atoms with Gasteiger partial charge in [-0.3, -0.25) is 5.32 Å². The first-order valence-corrected chi connectivity index (χ1v) is 6.04. The second-order valence-corrected chi connectivity index (χ2v) is 5.35. The van der Waals surface area contributed by atoms with Crippen molar-refractivity contribution in [1.82, 2.24) is 10.3 Å². The summed E-state index contributed by atoms with van der Waals surface area (Å²) in [5, 5.41) is 14.3. The highest BCUT2D eigenvalue weighted by Crippen LogP contribution is 2.21. The fourth-order valence-corrected chi connectivity index (χ4v) is 1.15. The molecule has 0 aromatic carbocycles. The smallest absolute Gasteiger partial charge is 0.209 e. The number of aliphatic imine (C=N–C) groups is 1. The van der Waals surface area contributed by atoms with E-state index < -0.39 is 0 Å². The molecule has 0 saturated carbocycles.